The van der Waals surface area contributed by atoms with Crippen molar-refractivity contribution in [1.29, 1.82) is 0 Å². The van der Waals surface area contributed by atoms with Gasteiger partial charge in [-0.1, -0.05) is 0 Å². The van der Waals surface area contributed by atoms with Crippen LogP contribution in [-0.4, -0.2) is 45.8 Å². The summed E-state index contributed by atoms with van der Waals surface area (Å²) >= 11 is 0. The minimum Gasteiger partial charge on any atom is -0.379 e. The van der Waals surface area contributed by atoms with Gasteiger partial charge in [-0.05, 0) is 6.42 Å². The first-order chi connectivity index (χ1) is 6.42. The molecule has 0 aromatic heterocycles. The lowest BCUT2D eigenvalue weighted by Gasteiger charge is -2.18. The van der Waals surface area contributed by atoms with Crippen molar-refractivity contribution >= 4 is 7.37 Å². The van der Waals surface area contributed by atoms with E-state index in [-0.39, 0.29) is 18.8 Å². The molecule has 4 nitrogen and oxygen atoms in total. The molecule has 78 valence electrons. The Morgan fingerprint density at radius 1 is 1.69 bits per heavy atom. The van der Waals surface area contributed by atoms with Crippen LogP contribution in [0, 0.1) is 0 Å². The molecule has 5 heteroatoms. The van der Waals surface area contributed by atoms with E-state index in [4.69, 9.17) is 15.4 Å². The van der Waals surface area contributed by atoms with Crippen LogP contribution in [0.4, 0.5) is 0 Å². The molecule has 0 bridgehead atoms. The van der Waals surface area contributed by atoms with E-state index in [0.717, 1.165) is 0 Å². The quantitative estimate of drug-likeness (QED) is 0.657. The van der Waals surface area contributed by atoms with Crippen LogP contribution in [-0.2, 0) is 18.6 Å². The van der Waals surface area contributed by atoms with Gasteiger partial charge in [0, 0.05) is 27.0 Å². The summed E-state index contributed by atoms with van der Waals surface area (Å²) in [7, 11) is -0.892. The summed E-state index contributed by atoms with van der Waals surface area (Å²) in [5.41, 5.74) is 0. The van der Waals surface area contributed by atoms with Crippen LogP contribution in [0.2, 0.25) is 0 Å². The molecule has 0 amide bonds. The second-order valence-electron chi connectivity index (χ2n) is 3.40. The van der Waals surface area contributed by atoms with Gasteiger partial charge in [-0.25, -0.2) is 0 Å². The van der Waals surface area contributed by atoms with Crippen molar-refractivity contribution in [2.24, 2.45) is 0 Å². The van der Waals surface area contributed by atoms with E-state index in [1.165, 1.54) is 0 Å². The molecule has 0 spiro atoms. The molecule has 3 atom stereocenters. The number of hydrogen-bond acceptors (Lipinski definition) is 4. The third kappa shape index (κ3) is 3.77. The van der Waals surface area contributed by atoms with Crippen molar-refractivity contribution in [1.82, 2.24) is 0 Å². The van der Waals surface area contributed by atoms with E-state index < -0.39 is 14.0 Å². The first-order valence-electron chi connectivity index (χ1n) is 4.80. The van der Waals surface area contributed by atoms with Crippen LogP contribution in [0.5, 0.6) is 0 Å². The predicted molar refractivity (Wildman–Crippen MR) is 50.6 cm³/mol. The maximum Gasteiger partial charge on any atom is 0.197 e. The van der Waals surface area contributed by atoms with E-state index in [2.05, 4.69) is 0 Å². The zero-order chi connectivity index (χ0) is 10.8. The van der Waals surface area contributed by atoms with E-state index in [9.17, 15) is 4.57 Å². The number of rotatable bonds is 4. The SMILES string of the molecule is [3H]C1CC(OC)[C@@H](COP(C)(C)=O)O1. The highest BCUT2D eigenvalue weighted by Gasteiger charge is 2.29. The van der Waals surface area contributed by atoms with Crippen LogP contribution in [0.3, 0.4) is 0 Å². The normalized spacial score (nSPS) is 36.2. The molecule has 0 aromatic carbocycles. The fourth-order valence-corrected chi connectivity index (χ4v) is 1.67. The van der Waals surface area contributed by atoms with Crippen LogP contribution < -0.4 is 0 Å². The van der Waals surface area contributed by atoms with Crippen LogP contribution >= 0.6 is 7.37 Å². The molecule has 1 aliphatic rings. The summed E-state index contributed by atoms with van der Waals surface area (Å²) in [6.45, 7) is 2.80. The summed E-state index contributed by atoms with van der Waals surface area (Å²) in [4.78, 5) is 0. The van der Waals surface area contributed by atoms with Gasteiger partial charge in [0.2, 0.25) is 0 Å². The highest BCUT2D eigenvalue weighted by atomic mass is 31.2. The zero-order valence-corrected chi connectivity index (χ0v) is 9.12. The van der Waals surface area contributed by atoms with Crippen molar-refractivity contribution in [2.45, 2.75) is 18.6 Å². The van der Waals surface area contributed by atoms with Gasteiger partial charge in [0.15, 0.2) is 7.37 Å². The Labute approximate surface area is 80.4 Å². The van der Waals surface area contributed by atoms with Crippen LogP contribution in [0.1, 0.15) is 7.79 Å². The monoisotopic (exact) mass is 210 g/mol. The van der Waals surface area contributed by atoms with E-state index >= 15 is 0 Å². The molecule has 2 unspecified atom stereocenters. The third-order valence-electron chi connectivity index (χ3n) is 1.87. The predicted octanol–water partition coefficient (Wildman–Crippen LogP) is 1.34. The zero-order valence-electron chi connectivity index (χ0n) is 9.23. The molecule has 1 heterocycles. The van der Waals surface area contributed by atoms with Crippen LogP contribution in [0.25, 0.3) is 0 Å². The van der Waals surface area contributed by atoms with Crippen molar-refractivity contribution < 1.29 is 19.9 Å². The highest BCUT2D eigenvalue weighted by Crippen LogP contribution is 2.38. The lowest BCUT2D eigenvalue weighted by molar-refractivity contribution is -0.00793. The summed E-state index contributed by atoms with van der Waals surface area (Å²) in [6, 6.07) is 0. The molecule has 0 saturated carbocycles. The molecule has 1 fully saturated rings. The second kappa shape index (κ2) is 4.56. The standard InChI is InChI=1S/C8H17O4P/c1-10-7-4-5-11-8(7)6-12-13(2,3)9/h7-8H,4-6H2,1-3H3/t7?,8-/m1/s1/i5T/t5?,7?,8-. The largest absolute Gasteiger partial charge is 0.379 e. The Kier molecular flexibility index (Phi) is 3.39. The van der Waals surface area contributed by atoms with Crippen molar-refractivity contribution in [3.8, 4) is 0 Å². The highest BCUT2D eigenvalue weighted by molar-refractivity contribution is 7.57. The Bertz CT molecular complexity index is 229. The number of ether oxygens (including phenoxy) is 2. The van der Waals surface area contributed by atoms with Crippen molar-refractivity contribution in [3.05, 3.63) is 0 Å². The molecule has 0 aliphatic carbocycles. The molecule has 1 aliphatic heterocycles. The molecular weight excluding hydrogens is 191 g/mol. The summed E-state index contributed by atoms with van der Waals surface area (Å²) in [5.74, 6) is 0. The Morgan fingerprint density at radius 2 is 2.38 bits per heavy atom. The summed E-state index contributed by atoms with van der Waals surface area (Å²) < 4.78 is 34.2. The molecule has 0 aromatic rings. The molecule has 1 rings (SSSR count). The summed E-state index contributed by atoms with van der Waals surface area (Å²) in [5, 5.41) is 0. The number of hydrogen-bond donors (Lipinski definition) is 0. The van der Waals surface area contributed by atoms with Gasteiger partial charge in [0.05, 0.1) is 14.1 Å². The smallest absolute Gasteiger partial charge is 0.197 e. The lowest BCUT2D eigenvalue weighted by Crippen LogP contribution is -2.27. The van der Waals surface area contributed by atoms with Gasteiger partial charge in [-0.15, -0.1) is 0 Å². The lowest BCUT2D eigenvalue weighted by atomic mass is 10.2. The average molecular weight is 210 g/mol. The third-order valence-corrected chi connectivity index (χ3v) is 2.64. The van der Waals surface area contributed by atoms with E-state index in [0.29, 0.717) is 6.42 Å². The van der Waals surface area contributed by atoms with Crippen molar-refractivity contribution in [2.75, 3.05) is 33.6 Å². The van der Waals surface area contributed by atoms with Gasteiger partial charge in [0.1, 0.15) is 6.10 Å². The fraction of sp³-hybridized carbons (Fsp3) is 1.00. The average Bonchev–Trinajstić information content (AvgIpc) is 2.41. The molecule has 1 saturated heterocycles. The van der Waals surface area contributed by atoms with Gasteiger partial charge < -0.3 is 14.0 Å². The molecular formula is C8H17O4P. The molecule has 13 heavy (non-hydrogen) atoms. The van der Waals surface area contributed by atoms with E-state index in [1.807, 2.05) is 0 Å². The first kappa shape index (κ1) is 9.66. The minimum atomic E-state index is -2.47. The van der Waals surface area contributed by atoms with Crippen molar-refractivity contribution in [3.63, 3.8) is 0 Å². The topological polar surface area (TPSA) is 44.8 Å². The maximum atomic E-state index is 11.3. The maximum absolute atomic E-state index is 11.3. The molecule has 0 radical (unpaired) electrons. The van der Waals surface area contributed by atoms with Gasteiger partial charge in [-0.2, -0.15) is 0 Å². The number of methoxy groups -OCH3 is 1. The molecule has 0 N–H and O–H groups in total. The van der Waals surface area contributed by atoms with Crippen LogP contribution in [0.15, 0.2) is 0 Å². The first-order valence-corrected chi connectivity index (χ1v) is 6.74. The Morgan fingerprint density at radius 3 is 2.92 bits per heavy atom. The minimum absolute atomic E-state index is 0.121. The van der Waals surface area contributed by atoms with Gasteiger partial charge >= 0.3 is 0 Å². The fourth-order valence-electron chi connectivity index (χ4n) is 1.16. The Hall–Kier alpha value is 0.110. The van der Waals surface area contributed by atoms with Gasteiger partial charge in [-0.3, -0.25) is 4.57 Å². The second-order valence-corrected chi connectivity index (χ2v) is 6.16. The summed E-state index contributed by atoms with van der Waals surface area (Å²) in [6.07, 6.45) is 0.155. The van der Waals surface area contributed by atoms with E-state index in [1.54, 1.807) is 20.4 Å². The van der Waals surface area contributed by atoms with Gasteiger partial charge in [0.25, 0.3) is 0 Å². The Balaban J connectivity index is 2.40.